The van der Waals surface area contributed by atoms with Gasteiger partial charge in [0.05, 0.1) is 12.1 Å². The van der Waals surface area contributed by atoms with Crippen molar-refractivity contribution in [1.29, 1.82) is 0 Å². The summed E-state index contributed by atoms with van der Waals surface area (Å²) < 4.78 is 0. The van der Waals surface area contributed by atoms with Crippen LogP contribution in [-0.2, 0) is 0 Å². The minimum atomic E-state index is -0.540. The van der Waals surface area contributed by atoms with Crippen molar-refractivity contribution in [2.75, 3.05) is 39.8 Å². The van der Waals surface area contributed by atoms with Crippen molar-refractivity contribution in [3.05, 3.63) is 0 Å². The Balaban J connectivity index is 1.70. The molecule has 0 aromatic heterocycles. The highest BCUT2D eigenvalue weighted by Gasteiger charge is 2.28. The molecule has 0 saturated carbocycles. The molecule has 0 aliphatic carbocycles. The fourth-order valence-electron chi connectivity index (χ4n) is 3.55. The molecule has 0 atom stereocenters. The lowest BCUT2D eigenvalue weighted by molar-refractivity contribution is 0.131. The van der Waals surface area contributed by atoms with Crippen LogP contribution in [0.1, 0.15) is 46.0 Å². The Labute approximate surface area is 135 Å². The third-order valence-corrected chi connectivity index (χ3v) is 5.25. The van der Waals surface area contributed by atoms with E-state index in [0.29, 0.717) is 0 Å². The summed E-state index contributed by atoms with van der Waals surface area (Å²) in [7, 11) is 2.21. The number of piperidine rings is 2. The Morgan fingerprint density at radius 2 is 1.59 bits per heavy atom. The SMILES string of the molecule is CN1CCC(CC2CCN(C(=O)NC(C)(C)CO)CC2)CC1. The number of urea groups is 1. The van der Waals surface area contributed by atoms with Gasteiger partial charge in [-0.25, -0.2) is 4.79 Å². The second-order valence-electron chi connectivity index (χ2n) is 7.88. The predicted molar refractivity (Wildman–Crippen MR) is 88.8 cm³/mol. The number of carbonyl (C=O) groups excluding carboxylic acids is 1. The van der Waals surface area contributed by atoms with Crippen molar-refractivity contribution in [3.63, 3.8) is 0 Å². The molecule has 2 aliphatic rings. The first kappa shape index (κ1) is 17.5. The molecule has 2 saturated heterocycles. The van der Waals surface area contributed by atoms with Gasteiger partial charge < -0.3 is 20.2 Å². The van der Waals surface area contributed by atoms with Gasteiger partial charge in [-0.05, 0) is 77.9 Å². The van der Waals surface area contributed by atoms with Gasteiger partial charge in [0.2, 0.25) is 0 Å². The van der Waals surface area contributed by atoms with Crippen molar-refractivity contribution in [2.45, 2.75) is 51.5 Å². The zero-order valence-corrected chi connectivity index (χ0v) is 14.5. The third kappa shape index (κ3) is 5.13. The first-order chi connectivity index (χ1) is 10.4. The molecule has 5 heteroatoms. The minimum Gasteiger partial charge on any atom is -0.394 e. The van der Waals surface area contributed by atoms with Crippen molar-refractivity contribution in [2.24, 2.45) is 11.8 Å². The molecule has 0 radical (unpaired) electrons. The lowest BCUT2D eigenvalue weighted by atomic mass is 9.83. The van der Waals surface area contributed by atoms with E-state index in [0.717, 1.165) is 37.8 Å². The van der Waals surface area contributed by atoms with Crippen LogP contribution >= 0.6 is 0 Å². The summed E-state index contributed by atoms with van der Waals surface area (Å²) in [4.78, 5) is 16.5. The molecular formula is C17H33N3O2. The maximum absolute atomic E-state index is 12.2. The lowest BCUT2D eigenvalue weighted by Gasteiger charge is -2.37. The number of hydrogen-bond donors (Lipinski definition) is 2. The highest BCUT2D eigenvalue weighted by molar-refractivity contribution is 5.75. The van der Waals surface area contributed by atoms with E-state index in [-0.39, 0.29) is 12.6 Å². The summed E-state index contributed by atoms with van der Waals surface area (Å²) in [6.45, 7) is 7.83. The van der Waals surface area contributed by atoms with Crippen LogP contribution in [0.4, 0.5) is 4.79 Å². The maximum atomic E-state index is 12.2. The van der Waals surface area contributed by atoms with E-state index in [1.165, 1.54) is 32.4 Å². The van der Waals surface area contributed by atoms with E-state index in [1.54, 1.807) is 0 Å². The lowest BCUT2D eigenvalue weighted by Crippen LogP contribution is -2.53. The Kier molecular flexibility index (Phi) is 6.09. The quantitative estimate of drug-likeness (QED) is 0.834. The van der Waals surface area contributed by atoms with Gasteiger partial charge in [0.25, 0.3) is 0 Å². The largest absolute Gasteiger partial charge is 0.394 e. The van der Waals surface area contributed by atoms with Crippen molar-refractivity contribution in [3.8, 4) is 0 Å². The highest BCUT2D eigenvalue weighted by Crippen LogP contribution is 2.29. The van der Waals surface area contributed by atoms with Crippen LogP contribution in [0.3, 0.4) is 0 Å². The fourth-order valence-corrected chi connectivity index (χ4v) is 3.55. The Bertz CT molecular complexity index is 357. The second-order valence-corrected chi connectivity index (χ2v) is 7.88. The van der Waals surface area contributed by atoms with E-state index in [2.05, 4.69) is 17.3 Å². The van der Waals surface area contributed by atoms with E-state index < -0.39 is 5.54 Å². The molecular weight excluding hydrogens is 278 g/mol. The van der Waals surface area contributed by atoms with Gasteiger partial charge in [-0.1, -0.05) is 0 Å². The molecule has 0 bridgehead atoms. The molecule has 128 valence electrons. The van der Waals surface area contributed by atoms with Gasteiger partial charge in [0.15, 0.2) is 0 Å². The average molecular weight is 311 g/mol. The minimum absolute atomic E-state index is 0.0307. The van der Waals surface area contributed by atoms with Crippen molar-refractivity contribution < 1.29 is 9.90 Å². The Hall–Kier alpha value is -0.810. The van der Waals surface area contributed by atoms with Crippen molar-refractivity contribution >= 4 is 6.03 Å². The van der Waals surface area contributed by atoms with Crippen LogP contribution in [0.5, 0.6) is 0 Å². The molecule has 0 unspecified atom stereocenters. The van der Waals surface area contributed by atoms with Crippen LogP contribution < -0.4 is 5.32 Å². The molecule has 2 aliphatic heterocycles. The van der Waals surface area contributed by atoms with Gasteiger partial charge >= 0.3 is 6.03 Å². The van der Waals surface area contributed by atoms with Crippen molar-refractivity contribution in [1.82, 2.24) is 15.1 Å². The number of aliphatic hydroxyl groups is 1. The van der Waals surface area contributed by atoms with E-state index >= 15 is 0 Å². The number of hydrogen-bond acceptors (Lipinski definition) is 3. The molecule has 0 aromatic carbocycles. The highest BCUT2D eigenvalue weighted by atomic mass is 16.3. The number of aliphatic hydroxyl groups excluding tert-OH is 1. The number of rotatable bonds is 4. The molecule has 0 aromatic rings. The Morgan fingerprint density at radius 3 is 2.09 bits per heavy atom. The number of carbonyl (C=O) groups is 1. The van der Waals surface area contributed by atoms with Gasteiger partial charge in [0, 0.05) is 13.1 Å². The third-order valence-electron chi connectivity index (χ3n) is 5.25. The first-order valence-corrected chi connectivity index (χ1v) is 8.76. The second kappa shape index (κ2) is 7.64. The summed E-state index contributed by atoms with van der Waals surface area (Å²) in [6, 6.07) is -0.0307. The van der Waals surface area contributed by atoms with E-state index in [1.807, 2.05) is 18.7 Å². The average Bonchev–Trinajstić information content (AvgIpc) is 2.50. The maximum Gasteiger partial charge on any atom is 0.317 e. The van der Waals surface area contributed by atoms with Crippen LogP contribution in [0.2, 0.25) is 0 Å². The van der Waals surface area contributed by atoms with Crippen LogP contribution in [0.15, 0.2) is 0 Å². The molecule has 2 fully saturated rings. The first-order valence-electron chi connectivity index (χ1n) is 8.76. The zero-order valence-electron chi connectivity index (χ0n) is 14.5. The molecule has 2 heterocycles. The van der Waals surface area contributed by atoms with E-state index in [9.17, 15) is 9.90 Å². The normalized spacial score (nSPS) is 22.8. The van der Waals surface area contributed by atoms with E-state index in [4.69, 9.17) is 0 Å². The van der Waals surface area contributed by atoms with Gasteiger partial charge in [-0.2, -0.15) is 0 Å². The monoisotopic (exact) mass is 311 g/mol. The van der Waals surface area contributed by atoms with Gasteiger partial charge in [-0.3, -0.25) is 0 Å². The predicted octanol–water partition coefficient (Wildman–Crippen LogP) is 1.91. The topological polar surface area (TPSA) is 55.8 Å². The summed E-state index contributed by atoms with van der Waals surface area (Å²) >= 11 is 0. The molecule has 2 rings (SSSR count). The van der Waals surface area contributed by atoms with Crippen LogP contribution in [0, 0.1) is 11.8 Å². The fraction of sp³-hybridized carbons (Fsp3) is 0.941. The van der Waals surface area contributed by atoms with Gasteiger partial charge in [0.1, 0.15) is 0 Å². The number of nitrogens with one attached hydrogen (secondary N) is 1. The van der Waals surface area contributed by atoms with Crippen LogP contribution in [0.25, 0.3) is 0 Å². The summed E-state index contributed by atoms with van der Waals surface area (Å²) in [5, 5.41) is 12.2. The molecule has 2 N–H and O–H groups in total. The Morgan fingerprint density at radius 1 is 1.09 bits per heavy atom. The summed E-state index contributed by atoms with van der Waals surface area (Å²) in [6.07, 6.45) is 6.26. The molecule has 22 heavy (non-hydrogen) atoms. The number of amides is 2. The molecule has 0 spiro atoms. The number of nitrogens with zero attached hydrogens (tertiary/aromatic N) is 2. The van der Waals surface area contributed by atoms with Crippen LogP contribution in [-0.4, -0.2) is 66.3 Å². The number of likely N-dealkylation sites (tertiary alicyclic amines) is 2. The zero-order chi connectivity index (χ0) is 16.2. The molecule has 5 nitrogen and oxygen atoms in total. The smallest absolute Gasteiger partial charge is 0.317 e. The standard InChI is InChI=1S/C17H33N3O2/c1-17(2,13-21)18-16(22)20-10-6-15(7-11-20)12-14-4-8-19(3)9-5-14/h14-15,21H,4-13H2,1-3H3,(H,18,22). The summed E-state index contributed by atoms with van der Waals surface area (Å²) in [5.41, 5.74) is -0.540. The molecule has 2 amide bonds. The van der Waals surface area contributed by atoms with Gasteiger partial charge in [-0.15, -0.1) is 0 Å². The summed E-state index contributed by atoms with van der Waals surface area (Å²) in [5.74, 6) is 1.67.